The van der Waals surface area contributed by atoms with E-state index in [0.717, 1.165) is 16.7 Å². The molecule has 0 unspecified atom stereocenters. The van der Waals surface area contributed by atoms with E-state index in [0.29, 0.717) is 0 Å². The summed E-state index contributed by atoms with van der Waals surface area (Å²) in [6, 6.07) is 23.4. The molecule has 2 heterocycles. The number of imidazole rings is 1. The van der Waals surface area contributed by atoms with Crippen molar-refractivity contribution >= 4 is 38.2 Å². The Morgan fingerprint density at radius 2 is 1.38 bits per heavy atom. The molecule has 2 nitrogen and oxygen atoms in total. The molecule has 0 bridgehead atoms. The van der Waals surface area contributed by atoms with Crippen LogP contribution in [0.4, 0.5) is 0 Å². The minimum absolute atomic E-state index is 0.999. The SMILES string of the molecule is c1ccc2cc3cn4c(cc3cc2c1)nc1ccccc14. The maximum atomic E-state index is 4.71. The first kappa shape index (κ1) is 10.9. The van der Waals surface area contributed by atoms with Gasteiger partial charge in [0.25, 0.3) is 0 Å². The van der Waals surface area contributed by atoms with E-state index in [2.05, 4.69) is 71.3 Å². The summed E-state index contributed by atoms with van der Waals surface area (Å²) in [6.45, 7) is 0. The third-order valence-corrected chi connectivity index (χ3v) is 4.13. The summed E-state index contributed by atoms with van der Waals surface area (Å²) in [7, 11) is 0. The molecule has 0 saturated heterocycles. The molecule has 98 valence electrons. The number of benzene rings is 3. The first-order valence-corrected chi connectivity index (χ1v) is 7.08. The highest BCUT2D eigenvalue weighted by atomic mass is 15.0. The zero-order valence-corrected chi connectivity index (χ0v) is 11.3. The first-order chi connectivity index (χ1) is 10.4. The van der Waals surface area contributed by atoms with Gasteiger partial charge in [-0.15, -0.1) is 0 Å². The standard InChI is InChI=1S/C19H12N2/c1-2-6-14-10-16-12-21-18-8-4-3-7-17(18)20-19(21)11-15(16)9-13(14)5-1/h1-12H. The molecule has 0 N–H and O–H groups in total. The Morgan fingerprint density at radius 1 is 0.667 bits per heavy atom. The van der Waals surface area contributed by atoms with Gasteiger partial charge in [-0.25, -0.2) is 4.98 Å². The van der Waals surface area contributed by atoms with Crippen molar-refractivity contribution in [3.05, 3.63) is 72.9 Å². The fourth-order valence-electron chi connectivity index (χ4n) is 3.09. The van der Waals surface area contributed by atoms with Gasteiger partial charge in [0.2, 0.25) is 0 Å². The summed E-state index contributed by atoms with van der Waals surface area (Å²) in [5.74, 6) is 0. The van der Waals surface area contributed by atoms with Crippen LogP contribution in [0, 0.1) is 0 Å². The van der Waals surface area contributed by atoms with Gasteiger partial charge in [0, 0.05) is 6.20 Å². The number of pyridine rings is 1. The number of rotatable bonds is 0. The highest BCUT2D eigenvalue weighted by Gasteiger charge is 2.06. The predicted molar refractivity (Wildman–Crippen MR) is 87.7 cm³/mol. The third kappa shape index (κ3) is 1.50. The van der Waals surface area contributed by atoms with Gasteiger partial charge in [0.15, 0.2) is 0 Å². The van der Waals surface area contributed by atoms with Crippen molar-refractivity contribution in [3.63, 3.8) is 0 Å². The number of hydrogen-bond donors (Lipinski definition) is 0. The summed E-state index contributed by atoms with van der Waals surface area (Å²) in [5, 5.41) is 5.01. The highest BCUT2D eigenvalue weighted by molar-refractivity contribution is 5.99. The normalized spacial score (nSPS) is 11.8. The first-order valence-electron chi connectivity index (χ1n) is 7.08. The van der Waals surface area contributed by atoms with Crippen molar-refractivity contribution in [1.82, 2.24) is 9.38 Å². The summed E-state index contributed by atoms with van der Waals surface area (Å²) in [4.78, 5) is 4.71. The Labute approximate surface area is 121 Å². The van der Waals surface area contributed by atoms with Crippen LogP contribution in [-0.2, 0) is 0 Å². The Balaban J connectivity index is 1.99. The lowest BCUT2D eigenvalue weighted by atomic mass is 10.1. The minimum atomic E-state index is 0.999. The van der Waals surface area contributed by atoms with Crippen molar-refractivity contribution in [3.8, 4) is 0 Å². The lowest BCUT2D eigenvalue weighted by molar-refractivity contribution is 1.25. The summed E-state index contributed by atoms with van der Waals surface area (Å²) in [5.41, 5.74) is 3.19. The molecule has 5 rings (SSSR count). The topological polar surface area (TPSA) is 17.3 Å². The summed E-state index contributed by atoms with van der Waals surface area (Å²) >= 11 is 0. The summed E-state index contributed by atoms with van der Waals surface area (Å²) in [6.07, 6.45) is 2.19. The molecular weight excluding hydrogens is 256 g/mol. The maximum Gasteiger partial charge on any atom is 0.138 e. The van der Waals surface area contributed by atoms with Crippen LogP contribution in [0.25, 0.3) is 38.2 Å². The van der Waals surface area contributed by atoms with Crippen LogP contribution in [0.3, 0.4) is 0 Å². The van der Waals surface area contributed by atoms with Gasteiger partial charge in [0.05, 0.1) is 11.0 Å². The Bertz CT molecular complexity index is 1130. The van der Waals surface area contributed by atoms with Crippen LogP contribution in [0.5, 0.6) is 0 Å². The molecule has 3 aromatic carbocycles. The minimum Gasteiger partial charge on any atom is -0.299 e. The lowest BCUT2D eigenvalue weighted by Gasteiger charge is -2.04. The van der Waals surface area contributed by atoms with Gasteiger partial charge in [0.1, 0.15) is 5.65 Å². The fraction of sp³-hybridized carbons (Fsp3) is 0. The van der Waals surface area contributed by atoms with Gasteiger partial charge in [-0.05, 0) is 51.9 Å². The van der Waals surface area contributed by atoms with E-state index in [9.17, 15) is 0 Å². The van der Waals surface area contributed by atoms with E-state index in [1.165, 1.54) is 21.5 Å². The molecule has 0 aliphatic carbocycles. The molecule has 0 aliphatic rings. The molecule has 2 aromatic heterocycles. The summed E-state index contributed by atoms with van der Waals surface area (Å²) < 4.78 is 2.17. The molecule has 0 saturated carbocycles. The quantitative estimate of drug-likeness (QED) is 0.369. The molecular formula is C19H12N2. The molecule has 21 heavy (non-hydrogen) atoms. The van der Waals surface area contributed by atoms with Crippen molar-refractivity contribution < 1.29 is 0 Å². The molecule has 0 spiro atoms. The lowest BCUT2D eigenvalue weighted by Crippen LogP contribution is -1.85. The van der Waals surface area contributed by atoms with Crippen LogP contribution < -0.4 is 0 Å². The Hall–Kier alpha value is -2.87. The zero-order valence-electron chi connectivity index (χ0n) is 11.3. The molecule has 5 aromatic rings. The van der Waals surface area contributed by atoms with Crippen LogP contribution in [0.15, 0.2) is 72.9 Å². The van der Waals surface area contributed by atoms with Crippen molar-refractivity contribution in [2.75, 3.05) is 0 Å². The number of nitrogens with zero attached hydrogens (tertiary/aromatic N) is 2. The predicted octanol–water partition coefficient (Wildman–Crippen LogP) is 4.79. The molecule has 0 amide bonds. The van der Waals surface area contributed by atoms with E-state index in [1.54, 1.807) is 0 Å². The fourth-order valence-corrected chi connectivity index (χ4v) is 3.09. The second-order valence-corrected chi connectivity index (χ2v) is 5.43. The van der Waals surface area contributed by atoms with Crippen LogP contribution in [-0.4, -0.2) is 9.38 Å². The van der Waals surface area contributed by atoms with E-state index >= 15 is 0 Å². The number of fused-ring (bicyclic) bond motifs is 5. The number of para-hydroxylation sites is 2. The molecule has 0 radical (unpaired) electrons. The van der Waals surface area contributed by atoms with Gasteiger partial charge < -0.3 is 0 Å². The van der Waals surface area contributed by atoms with E-state index < -0.39 is 0 Å². The molecule has 0 atom stereocenters. The van der Waals surface area contributed by atoms with Gasteiger partial charge >= 0.3 is 0 Å². The average molecular weight is 268 g/mol. The van der Waals surface area contributed by atoms with E-state index in [4.69, 9.17) is 4.98 Å². The van der Waals surface area contributed by atoms with Crippen LogP contribution in [0.1, 0.15) is 0 Å². The second-order valence-electron chi connectivity index (χ2n) is 5.43. The number of hydrogen-bond acceptors (Lipinski definition) is 1. The Morgan fingerprint density at radius 3 is 2.24 bits per heavy atom. The van der Waals surface area contributed by atoms with Crippen molar-refractivity contribution in [2.24, 2.45) is 0 Å². The van der Waals surface area contributed by atoms with E-state index in [-0.39, 0.29) is 0 Å². The van der Waals surface area contributed by atoms with Crippen LogP contribution in [0.2, 0.25) is 0 Å². The third-order valence-electron chi connectivity index (χ3n) is 4.13. The van der Waals surface area contributed by atoms with Gasteiger partial charge in [-0.2, -0.15) is 0 Å². The maximum absolute atomic E-state index is 4.71. The van der Waals surface area contributed by atoms with Gasteiger partial charge in [-0.3, -0.25) is 4.40 Å². The number of aromatic nitrogens is 2. The second kappa shape index (κ2) is 3.83. The Kier molecular flexibility index (Phi) is 1.98. The van der Waals surface area contributed by atoms with Crippen molar-refractivity contribution in [1.29, 1.82) is 0 Å². The van der Waals surface area contributed by atoms with E-state index in [1.807, 2.05) is 6.07 Å². The smallest absolute Gasteiger partial charge is 0.138 e. The van der Waals surface area contributed by atoms with Crippen LogP contribution >= 0.6 is 0 Å². The molecule has 0 aliphatic heterocycles. The average Bonchev–Trinajstić information content (AvgIpc) is 2.88. The highest BCUT2D eigenvalue weighted by Crippen LogP contribution is 2.26. The molecule has 2 heteroatoms. The largest absolute Gasteiger partial charge is 0.299 e. The monoisotopic (exact) mass is 268 g/mol. The zero-order chi connectivity index (χ0) is 13.8. The van der Waals surface area contributed by atoms with Gasteiger partial charge in [-0.1, -0.05) is 36.4 Å². The molecule has 0 fully saturated rings. The van der Waals surface area contributed by atoms with Crippen molar-refractivity contribution in [2.45, 2.75) is 0 Å².